The number of nitrogens with two attached hydrogens (primary N) is 1. The number of esters is 2. The van der Waals surface area contributed by atoms with Gasteiger partial charge in [0, 0.05) is 99.2 Å². The van der Waals surface area contributed by atoms with Crippen LogP contribution in [0.1, 0.15) is 261 Å². The first-order chi connectivity index (χ1) is 62.1. The van der Waals surface area contributed by atoms with Gasteiger partial charge in [0.15, 0.2) is 49.7 Å². The van der Waals surface area contributed by atoms with Crippen LogP contribution in [0.2, 0.25) is 30.5 Å². The van der Waals surface area contributed by atoms with Crippen LogP contribution in [0.15, 0.2) is 91.4 Å². The van der Waals surface area contributed by atoms with Crippen molar-refractivity contribution in [3.63, 3.8) is 0 Å². The van der Waals surface area contributed by atoms with Gasteiger partial charge in [0.1, 0.15) is 11.6 Å². The number of hydrogen-bond acceptors (Lipinski definition) is 18. The van der Waals surface area contributed by atoms with Crippen molar-refractivity contribution in [3.05, 3.63) is 173 Å². The molecule has 7 N–H and O–H groups in total. The summed E-state index contributed by atoms with van der Waals surface area (Å²) in [5, 5.41) is 29.5. The number of aromatic nitrogens is 3. The van der Waals surface area contributed by atoms with Gasteiger partial charge in [-0.15, -0.1) is 0 Å². The molecule has 0 bridgehead atoms. The van der Waals surface area contributed by atoms with Gasteiger partial charge in [0.25, 0.3) is 0 Å². The van der Waals surface area contributed by atoms with Crippen LogP contribution in [0.25, 0.3) is 0 Å². The maximum Gasteiger partial charge on any atom is 0.337 e. The van der Waals surface area contributed by atoms with Crippen LogP contribution in [0, 0.1) is 79.5 Å². The number of halogens is 9. The summed E-state index contributed by atoms with van der Waals surface area (Å²) in [6.07, 6.45) is 18.5. The molecule has 18 rings (SSSR count). The Morgan fingerprint density at radius 3 is 1.00 bits per heavy atom. The van der Waals surface area contributed by atoms with Gasteiger partial charge < -0.3 is 55.6 Å². The number of amides is 3. The summed E-state index contributed by atoms with van der Waals surface area (Å²) in [5.74, 6) is -11.0. The number of hydrogen-bond donors (Lipinski definition) is 6. The molecule has 6 aliphatic carbocycles. The zero-order valence-electron chi connectivity index (χ0n) is 76.2. The number of pyridine rings is 3. The van der Waals surface area contributed by atoms with E-state index in [2.05, 4.69) is 77.2 Å². The Labute approximate surface area is 797 Å². The van der Waals surface area contributed by atoms with Crippen LogP contribution in [0.4, 0.5) is 30.2 Å². The van der Waals surface area contributed by atoms with Gasteiger partial charge in [-0.25, -0.2) is 42.5 Å². The normalized spacial score (nSPS) is 31.9. The van der Waals surface area contributed by atoms with E-state index < -0.39 is 120 Å². The summed E-state index contributed by atoms with van der Waals surface area (Å²) in [6, 6.07) is 20.6. The fraction of sp³-hybridized carbons (Fsp3) is 0.580. The highest BCUT2D eigenvalue weighted by molar-refractivity contribution is 6.33. The molecule has 710 valence electrons. The summed E-state index contributed by atoms with van der Waals surface area (Å²) in [7, 11) is 2.70. The third kappa shape index (κ3) is 16.9. The summed E-state index contributed by atoms with van der Waals surface area (Å²) < 4.78 is 74.2. The van der Waals surface area contributed by atoms with Crippen LogP contribution in [-0.2, 0) is 83.1 Å². The van der Waals surface area contributed by atoms with Crippen molar-refractivity contribution in [2.45, 2.75) is 267 Å². The summed E-state index contributed by atoms with van der Waals surface area (Å²) in [5.41, 5.74) is 1.79. The molecular formula is C100H116Cl6F3N7O16. The molecule has 0 radical (unpaired) electrons. The molecule has 3 aromatic carbocycles. The van der Waals surface area contributed by atoms with Crippen LogP contribution < -0.4 is 21.7 Å². The lowest BCUT2D eigenvalue weighted by Gasteiger charge is -2.51. The monoisotopic (exact) mass is 1940 g/mol. The molecule has 6 spiro atoms. The lowest BCUT2D eigenvalue weighted by molar-refractivity contribution is -0.177. The average molecular weight is 1940 g/mol. The van der Waals surface area contributed by atoms with Gasteiger partial charge in [-0.3, -0.25) is 28.8 Å². The van der Waals surface area contributed by atoms with Gasteiger partial charge in [-0.05, 0) is 288 Å². The van der Waals surface area contributed by atoms with Crippen LogP contribution in [0.3, 0.4) is 0 Å². The first-order valence-corrected chi connectivity index (χ1v) is 48.0. The number of aliphatic carboxylic acids is 2. The van der Waals surface area contributed by atoms with Crippen LogP contribution in [-0.4, -0.2) is 135 Å². The predicted molar refractivity (Wildman–Crippen MR) is 494 cm³/mol. The number of nitrogens with one attached hydrogen (secondary N) is 3. The minimum absolute atomic E-state index is 0.0334. The Morgan fingerprint density at radius 2 is 0.720 bits per heavy atom. The molecule has 6 saturated carbocycles. The smallest absolute Gasteiger partial charge is 0.337 e. The zero-order valence-corrected chi connectivity index (χ0v) is 80.7. The van der Waals surface area contributed by atoms with E-state index in [1.165, 1.54) is 38.9 Å². The molecule has 3 aromatic heterocycles. The number of carboxylic acid groups (broad SMARTS) is 2. The number of ether oxygens (including phenoxy) is 5. The number of nitrogens with zero attached hydrogens (tertiary/aromatic N) is 3. The lowest BCUT2D eigenvalue weighted by Crippen LogP contribution is -2.52. The van der Waals surface area contributed by atoms with Crippen molar-refractivity contribution in [1.82, 2.24) is 15.0 Å². The maximum absolute atomic E-state index is 16.1. The highest BCUT2D eigenvalue weighted by atomic mass is 35.5. The van der Waals surface area contributed by atoms with Crippen LogP contribution >= 0.6 is 69.6 Å². The molecule has 32 heteroatoms. The van der Waals surface area contributed by atoms with E-state index in [0.717, 1.165) is 68.9 Å². The fourth-order valence-electron chi connectivity index (χ4n) is 25.5. The van der Waals surface area contributed by atoms with Gasteiger partial charge >= 0.3 is 23.9 Å². The van der Waals surface area contributed by atoms with Crippen molar-refractivity contribution in [1.29, 1.82) is 0 Å². The number of carbonyl (C=O) groups is 9. The predicted octanol–water partition coefficient (Wildman–Crippen LogP) is 21.0. The minimum atomic E-state index is -1.28. The van der Waals surface area contributed by atoms with E-state index in [-0.39, 0.29) is 134 Å². The second-order valence-corrected chi connectivity index (χ2v) is 44.7. The van der Waals surface area contributed by atoms with Crippen molar-refractivity contribution in [2.75, 3.05) is 50.0 Å². The molecule has 3 amide bonds. The quantitative estimate of drug-likeness (QED) is 0.0462. The third-order valence-corrected chi connectivity index (χ3v) is 34.6. The average Bonchev–Trinajstić information content (AvgIpc) is 1.51. The van der Waals surface area contributed by atoms with Gasteiger partial charge in [0.05, 0.1) is 56.2 Å². The SMILES string of the molecule is CC1(C)CCC2(CC1)C[C@@H](C(=O)C[C@@H]1CCC(C)(C(=O)O)OC1)[C@H](c1ccnc(Cl)c1F)[C@]21C(=O)Nc2cc(Cl)ccc21.CC1(C)CCC2(CC1)C[C@@H](C(=O)O)[C@H](c1ccnc(Cl)c1F)C21C(=O)Nc2cc(Cl)ccc21.COC(=O)C1(C)CC[C@@H](CC(=O)[C@@H]2CC3(CCC(C)(C)CC3)[C@@]3(C(=O)Nc4cc(Cl)ccc43)[C@H]2c2ccnc(Cl)c2F)CO1.COC(=O)C1(C)CC[C@@H](N)CO1. The highest BCUT2D eigenvalue weighted by Crippen LogP contribution is 2.77. The topological polar surface area (TPSA) is 341 Å². The van der Waals surface area contributed by atoms with Gasteiger partial charge in [-0.2, -0.15) is 0 Å². The van der Waals surface area contributed by atoms with E-state index in [4.69, 9.17) is 94.3 Å². The molecule has 15 atom stereocenters. The number of carboxylic acids is 2. The Hall–Kier alpha value is -7.89. The third-order valence-electron chi connectivity index (χ3n) is 33.1. The van der Waals surface area contributed by atoms with Crippen molar-refractivity contribution < 1.29 is 90.2 Å². The molecular weight excluding hydrogens is 1820 g/mol. The largest absolute Gasteiger partial charge is 0.481 e. The second kappa shape index (κ2) is 36.5. The first-order valence-electron chi connectivity index (χ1n) is 45.7. The number of benzene rings is 3. The first kappa shape index (κ1) is 98.6. The van der Waals surface area contributed by atoms with Crippen LogP contribution in [0.5, 0.6) is 0 Å². The fourth-order valence-corrected chi connectivity index (χ4v) is 26.5. The molecule has 4 unspecified atom stereocenters. The molecule has 9 fully saturated rings. The Balaban J connectivity index is 0.000000143. The molecule has 6 aliphatic heterocycles. The molecule has 9 heterocycles. The number of fused-ring (bicyclic) bond motifs is 9. The highest BCUT2D eigenvalue weighted by Gasteiger charge is 2.76. The number of anilines is 3. The van der Waals surface area contributed by atoms with Crippen molar-refractivity contribution in [3.8, 4) is 0 Å². The summed E-state index contributed by atoms with van der Waals surface area (Å²) >= 11 is 37.5. The number of carbonyl (C=O) groups excluding carboxylic acids is 7. The number of methoxy groups -OCH3 is 2. The lowest BCUT2D eigenvalue weighted by atomic mass is 9.51. The van der Waals surface area contributed by atoms with E-state index in [1.54, 1.807) is 75.4 Å². The Morgan fingerprint density at radius 1 is 0.424 bits per heavy atom. The number of Topliss-reactive ketones (excluding diaryl/α,β-unsaturated/α-hetero) is 2. The molecule has 3 saturated heterocycles. The Kier molecular flexibility index (Phi) is 27.3. The van der Waals surface area contributed by atoms with Gasteiger partial charge in [-0.1, -0.05) is 129 Å². The number of rotatable bonds is 13. The summed E-state index contributed by atoms with van der Waals surface area (Å²) in [6.45, 7) is 19.1. The minimum Gasteiger partial charge on any atom is -0.481 e. The molecule has 23 nitrogen and oxygen atoms in total. The van der Waals surface area contributed by atoms with E-state index in [1.807, 2.05) is 12.1 Å². The number of ketones is 2. The zero-order chi connectivity index (χ0) is 95.6. The van der Waals surface area contributed by atoms with E-state index in [9.17, 15) is 53.4 Å². The maximum atomic E-state index is 16.1. The van der Waals surface area contributed by atoms with Gasteiger partial charge in [0.2, 0.25) is 17.7 Å². The van der Waals surface area contributed by atoms with Crippen molar-refractivity contribution >= 4 is 140 Å². The molecule has 132 heavy (non-hydrogen) atoms. The standard InChI is InChI=1S/C34H39Cl2FN2O5.C33H37Cl2FN2O5.C25H25Cl2FN2O3.C8H15NO3/c1-31(2)10-12-33(13-11-31)17-22(25(40)15-19-7-9-32(3,44-18-19)30(42)43-4)26(21-8-14-38-28(36)27(21)37)34(33)23-6-5-20(35)16-24(23)39-29(34)41;1-30(2)9-11-32(12-10-30)16-21(24(39)14-18-6-8-31(3,29(41)42)43-17-18)25(20-7-13-37-27(35)26(20)36)33(32)22-5-4-19(34)15-23(22)38-28(33)40;1-23(2)6-8-24(9-7-23)12-15(21(31)32)18(14-5-10-29-20(27)19(14)28)25(24)16-4-3-13(26)11-17(16)30-22(25)33;1-8(7(10)11-2)4-3-6(9)5-12-8/h5-6,8,14,16,19,22,26H,7,9-13,15,17-18H2,1-4H3,(H,39,41);4-5,7,13,15,18,21,25H,6,8-12,14,16-17H2,1-3H3,(H,38,40)(H,41,42);3-5,10-11,15,18H,6-9,12H2,1-2H3,(H,30,33)(H,31,32);6H,3-5,9H2,1-2H3/t19-,22-,26-,32?,34+;18-,21-,25-,31?,33+;15-,18+,25?;6-,8?/m0011/s1. The van der Waals surface area contributed by atoms with Crippen molar-refractivity contribution in [2.24, 2.45) is 67.8 Å². The molecule has 6 aromatic rings. The van der Waals surface area contributed by atoms with E-state index in [0.29, 0.717) is 115 Å². The second-order valence-electron chi connectivity index (χ2n) is 42.3. The molecule has 12 aliphatic rings. The Bertz CT molecular complexity index is 5570. The summed E-state index contributed by atoms with van der Waals surface area (Å²) in [4.78, 5) is 132. The van der Waals surface area contributed by atoms with E-state index >= 15 is 13.2 Å².